The number of nitrogens with two attached hydrogens (primary N) is 1. The maximum Gasteiger partial charge on any atom is 0.257 e. The van der Waals surface area contributed by atoms with Gasteiger partial charge in [0.1, 0.15) is 17.8 Å². The van der Waals surface area contributed by atoms with Crippen molar-refractivity contribution in [2.75, 3.05) is 19.7 Å². The third-order valence-electron chi connectivity index (χ3n) is 4.23. The number of carbonyl (C=O) groups excluding carboxylic acids is 1. The van der Waals surface area contributed by atoms with Crippen LogP contribution in [-0.4, -0.2) is 30.5 Å². The van der Waals surface area contributed by atoms with Crippen LogP contribution in [0.1, 0.15) is 29.0 Å². The van der Waals surface area contributed by atoms with Crippen LogP contribution in [0.25, 0.3) is 0 Å². The smallest absolute Gasteiger partial charge is 0.257 e. The summed E-state index contributed by atoms with van der Waals surface area (Å²) in [7, 11) is 0. The van der Waals surface area contributed by atoms with Crippen LogP contribution in [0.2, 0.25) is 0 Å². The van der Waals surface area contributed by atoms with Gasteiger partial charge in [-0.3, -0.25) is 4.79 Å². The first-order valence-electron chi connectivity index (χ1n) is 8.01. The number of halogens is 1. The molecule has 0 radical (unpaired) electrons. The first kappa shape index (κ1) is 18.4. The topological polar surface area (TPSA) is 68.7 Å². The summed E-state index contributed by atoms with van der Waals surface area (Å²) in [6.07, 6.45) is 3.41. The van der Waals surface area contributed by atoms with Gasteiger partial charge in [0.15, 0.2) is 0 Å². The summed E-state index contributed by atoms with van der Waals surface area (Å²) in [6, 6.07) is 11.6. The molecule has 5 nitrogen and oxygen atoms in total. The van der Waals surface area contributed by atoms with Crippen LogP contribution < -0.4 is 10.5 Å². The second-order valence-corrected chi connectivity index (χ2v) is 5.87. The number of furan rings is 1. The molecule has 1 saturated heterocycles. The Hall–Kier alpha value is -1.98. The normalized spacial score (nSPS) is 15.0. The Morgan fingerprint density at radius 3 is 2.58 bits per heavy atom. The number of rotatable bonds is 5. The molecule has 0 unspecified atom stereocenters. The van der Waals surface area contributed by atoms with E-state index in [2.05, 4.69) is 0 Å². The lowest BCUT2D eigenvalue weighted by Gasteiger charge is -2.31. The first-order valence-corrected chi connectivity index (χ1v) is 8.01. The highest BCUT2D eigenvalue weighted by atomic mass is 35.5. The van der Waals surface area contributed by atoms with Gasteiger partial charge in [0.2, 0.25) is 0 Å². The molecule has 0 saturated carbocycles. The Morgan fingerprint density at radius 2 is 1.96 bits per heavy atom. The lowest BCUT2D eigenvalue weighted by molar-refractivity contribution is 0.0660. The van der Waals surface area contributed by atoms with E-state index in [0.717, 1.165) is 31.7 Å². The fraction of sp³-hybridized carbons (Fsp3) is 0.389. The summed E-state index contributed by atoms with van der Waals surface area (Å²) in [5, 5.41) is 0. The number of nitrogens with zero attached hydrogens (tertiary/aromatic N) is 1. The molecular weight excluding hydrogens is 328 g/mol. The van der Waals surface area contributed by atoms with Crippen molar-refractivity contribution in [3.05, 3.63) is 54.0 Å². The fourth-order valence-corrected chi connectivity index (χ4v) is 2.82. The summed E-state index contributed by atoms with van der Waals surface area (Å²) < 4.78 is 11.1. The molecule has 1 aliphatic heterocycles. The summed E-state index contributed by atoms with van der Waals surface area (Å²) in [4.78, 5) is 14.3. The second kappa shape index (κ2) is 8.76. The third kappa shape index (κ3) is 4.52. The van der Waals surface area contributed by atoms with E-state index in [0.29, 0.717) is 30.4 Å². The Morgan fingerprint density at radius 1 is 1.25 bits per heavy atom. The number of carbonyl (C=O) groups is 1. The molecule has 1 aromatic carbocycles. The van der Waals surface area contributed by atoms with E-state index in [1.807, 2.05) is 35.2 Å². The van der Waals surface area contributed by atoms with Crippen LogP contribution in [0.4, 0.5) is 0 Å². The zero-order chi connectivity index (χ0) is 16.1. The first-order chi connectivity index (χ1) is 11.3. The van der Waals surface area contributed by atoms with Gasteiger partial charge in [0.25, 0.3) is 5.91 Å². The summed E-state index contributed by atoms with van der Waals surface area (Å²) in [6.45, 7) is 2.52. The van der Waals surface area contributed by atoms with E-state index in [-0.39, 0.29) is 18.3 Å². The van der Waals surface area contributed by atoms with Gasteiger partial charge < -0.3 is 19.8 Å². The molecule has 130 valence electrons. The van der Waals surface area contributed by atoms with Crippen molar-refractivity contribution in [3.8, 4) is 5.75 Å². The minimum atomic E-state index is 0. The number of para-hydroxylation sites is 1. The van der Waals surface area contributed by atoms with E-state index >= 15 is 0 Å². The molecule has 1 fully saturated rings. The quantitative estimate of drug-likeness (QED) is 0.899. The predicted octanol–water partition coefficient (Wildman–Crippen LogP) is 3.09. The van der Waals surface area contributed by atoms with Crippen molar-refractivity contribution >= 4 is 18.3 Å². The van der Waals surface area contributed by atoms with E-state index in [1.54, 1.807) is 6.07 Å². The van der Waals surface area contributed by atoms with Gasteiger partial charge in [-0.05, 0) is 37.0 Å². The van der Waals surface area contributed by atoms with Crippen LogP contribution in [0.3, 0.4) is 0 Å². The van der Waals surface area contributed by atoms with Crippen LogP contribution in [0, 0.1) is 5.92 Å². The Kier molecular flexibility index (Phi) is 6.70. The number of hydrogen-bond donors (Lipinski definition) is 1. The number of ether oxygens (including phenoxy) is 1. The van der Waals surface area contributed by atoms with Gasteiger partial charge in [0, 0.05) is 13.1 Å². The van der Waals surface area contributed by atoms with Crippen molar-refractivity contribution < 1.29 is 13.9 Å². The highest BCUT2D eigenvalue weighted by molar-refractivity contribution is 5.94. The maximum atomic E-state index is 12.4. The number of likely N-dealkylation sites (tertiary alicyclic amines) is 1. The fourth-order valence-electron chi connectivity index (χ4n) is 2.82. The summed E-state index contributed by atoms with van der Waals surface area (Å²) >= 11 is 0. The molecule has 0 aliphatic carbocycles. The highest BCUT2D eigenvalue weighted by Crippen LogP contribution is 2.21. The zero-order valence-electron chi connectivity index (χ0n) is 13.5. The number of amides is 1. The predicted molar refractivity (Wildman–Crippen MR) is 94.4 cm³/mol. The lowest BCUT2D eigenvalue weighted by Crippen LogP contribution is -2.39. The van der Waals surface area contributed by atoms with Gasteiger partial charge in [-0.25, -0.2) is 0 Å². The summed E-state index contributed by atoms with van der Waals surface area (Å²) in [5.41, 5.74) is 6.10. The zero-order valence-corrected chi connectivity index (χ0v) is 14.3. The van der Waals surface area contributed by atoms with Gasteiger partial charge >= 0.3 is 0 Å². The van der Waals surface area contributed by atoms with Crippen molar-refractivity contribution in [2.24, 2.45) is 11.7 Å². The molecule has 0 bridgehead atoms. The van der Waals surface area contributed by atoms with Crippen LogP contribution in [-0.2, 0) is 6.54 Å². The molecule has 2 aromatic rings. The van der Waals surface area contributed by atoms with Crippen LogP contribution >= 0.6 is 12.4 Å². The van der Waals surface area contributed by atoms with Gasteiger partial charge in [-0.2, -0.15) is 0 Å². The maximum absolute atomic E-state index is 12.4. The van der Waals surface area contributed by atoms with E-state index in [1.165, 1.54) is 6.26 Å². The average Bonchev–Trinajstić information content (AvgIpc) is 3.10. The minimum absolute atomic E-state index is 0. The molecule has 1 aromatic heterocycles. The second-order valence-electron chi connectivity index (χ2n) is 5.87. The molecule has 1 amide bonds. The molecule has 2 N–H and O–H groups in total. The number of benzene rings is 1. The SMILES string of the molecule is Cl.NCc1cc(C(=O)N2CCC(COc3ccccc3)CC2)co1. The Labute approximate surface area is 148 Å². The van der Waals surface area contributed by atoms with Crippen LogP contribution in [0.5, 0.6) is 5.75 Å². The summed E-state index contributed by atoms with van der Waals surface area (Å²) in [5.74, 6) is 2.05. The standard InChI is InChI=1S/C18H22N2O3.ClH/c19-11-17-10-15(13-23-17)18(21)20-8-6-14(7-9-20)12-22-16-4-2-1-3-5-16;/h1-5,10,13-14H,6-9,11-12,19H2;1H. The van der Waals surface area contributed by atoms with Gasteiger partial charge in [0.05, 0.1) is 18.7 Å². The largest absolute Gasteiger partial charge is 0.493 e. The molecular formula is C18H23ClN2O3. The lowest BCUT2D eigenvalue weighted by atomic mass is 9.97. The number of piperidine rings is 1. The molecule has 0 spiro atoms. The average molecular weight is 351 g/mol. The van der Waals surface area contributed by atoms with Crippen molar-refractivity contribution in [2.45, 2.75) is 19.4 Å². The molecule has 0 atom stereocenters. The van der Waals surface area contributed by atoms with Crippen molar-refractivity contribution in [1.29, 1.82) is 0 Å². The third-order valence-corrected chi connectivity index (χ3v) is 4.23. The van der Waals surface area contributed by atoms with Crippen LogP contribution in [0.15, 0.2) is 47.1 Å². The Bertz CT molecular complexity index is 637. The minimum Gasteiger partial charge on any atom is -0.493 e. The van der Waals surface area contributed by atoms with Crippen molar-refractivity contribution in [1.82, 2.24) is 4.90 Å². The molecule has 24 heavy (non-hydrogen) atoms. The Balaban J connectivity index is 0.00000208. The monoisotopic (exact) mass is 350 g/mol. The van der Waals surface area contributed by atoms with Crippen molar-refractivity contribution in [3.63, 3.8) is 0 Å². The van der Waals surface area contributed by atoms with Gasteiger partial charge in [-0.1, -0.05) is 18.2 Å². The highest BCUT2D eigenvalue weighted by Gasteiger charge is 2.25. The van der Waals surface area contributed by atoms with Gasteiger partial charge in [-0.15, -0.1) is 12.4 Å². The molecule has 2 heterocycles. The van der Waals surface area contributed by atoms with E-state index in [9.17, 15) is 4.79 Å². The molecule has 1 aliphatic rings. The number of hydrogen-bond acceptors (Lipinski definition) is 4. The molecule has 3 rings (SSSR count). The van der Waals surface area contributed by atoms with E-state index in [4.69, 9.17) is 14.9 Å². The molecule has 6 heteroatoms. The van der Waals surface area contributed by atoms with E-state index < -0.39 is 0 Å².